The van der Waals surface area contributed by atoms with E-state index in [2.05, 4.69) is 13.8 Å². The fraction of sp³-hybridized carbons (Fsp3) is 0.812. The summed E-state index contributed by atoms with van der Waals surface area (Å²) in [6, 6.07) is 0. The normalized spacial score (nSPS) is 34.5. The second-order valence-electron chi connectivity index (χ2n) is 6.23. The molecule has 0 heterocycles. The summed E-state index contributed by atoms with van der Waals surface area (Å²) in [5.41, 5.74) is 1.42. The van der Waals surface area contributed by atoms with Crippen LogP contribution in [0.5, 0.6) is 0 Å². The van der Waals surface area contributed by atoms with E-state index in [0.29, 0.717) is 11.7 Å². The van der Waals surface area contributed by atoms with E-state index in [9.17, 15) is 4.79 Å². The Morgan fingerprint density at radius 3 is 2.41 bits per heavy atom. The summed E-state index contributed by atoms with van der Waals surface area (Å²) in [6.07, 6.45) is 11.7. The lowest BCUT2D eigenvalue weighted by Crippen LogP contribution is -2.25. The number of allylic oxidation sites excluding steroid dienone is 2. The van der Waals surface area contributed by atoms with Gasteiger partial charge in [0.1, 0.15) is 0 Å². The number of hydrogen-bond donors (Lipinski definition) is 0. The molecule has 0 amide bonds. The molecule has 0 aromatic carbocycles. The van der Waals surface area contributed by atoms with Crippen molar-refractivity contribution in [3.63, 3.8) is 0 Å². The van der Waals surface area contributed by atoms with Crippen LogP contribution >= 0.6 is 0 Å². The van der Waals surface area contributed by atoms with E-state index < -0.39 is 0 Å². The zero-order valence-corrected chi connectivity index (χ0v) is 11.4. The van der Waals surface area contributed by atoms with E-state index in [1.165, 1.54) is 44.1 Å². The van der Waals surface area contributed by atoms with Crippen LogP contribution in [0.15, 0.2) is 11.6 Å². The zero-order valence-electron chi connectivity index (χ0n) is 11.4. The van der Waals surface area contributed by atoms with Crippen LogP contribution in [-0.2, 0) is 4.79 Å². The molecule has 2 saturated carbocycles. The maximum Gasteiger partial charge on any atom is 0.158 e. The largest absolute Gasteiger partial charge is 0.295 e. The fourth-order valence-corrected chi connectivity index (χ4v) is 3.28. The van der Waals surface area contributed by atoms with Crippen molar-refractivity contribution in [1.82, 2.24) is 0 Å². The molecular weight excluding hydrogens is 208 g/mol. The van der Waals surface area contributed by atoms with Crippen LogP contribution < -0.4 is 0 Å². The Bertz CT molecular complexity index is 295. The fourth-order valence-electron chi connectivity index (χ4n) is 3.28. The Kier molecular flexibility index (Phi) is 4.42. The van der Waals surface area contributed by atoms with Crippen molar-refractivity contribution in [1.29, 1.82) is 0 Å². The van der Waals surface area contributed by atoms with Crippen molar-refractivity contribution < 1.29 is 4.79 Å². The first-order valence-corrected chi connectivity index (χ1v) is 7.40. The average molecular weight is 234 g/mol. The average Bonchev–Trinajstić information content (AvgIpc) is 2.34. The molecule has 17 heavy (non-hydrogen) atoms. The number of rotatable bonds is 2. The first kappa shape index (κ1) is 12.9. The highest BCUT2D eigenvalue weighted by atomic mass is 16.1. The quantitative estimate of drug-likeness (QED) is 0.642. The van der Waals surface area contributed by atoms with Gasteiger partial charge >= 0.3 is 0 Å². The Labute approximate surface area is 106 Å². The van der Waals surface area contributed by atoms with Crippen molar-refractivity contribution in [2.24, 2.45) is 17.8 Å². The lowest BCUT2D eigenvalue weighted by Gasteiger charge is -2.30. The molecule has 3 unspecified atom stereocenters. The van der Waals surface area contributed by atoms with E-state index in [1.54, 1.807) is 0 Å². The van der Waals surface area contributed by atoms with Gasteiger partial charge < -0.3 is 0 Å². The van der Waals surface area contributed by atoms with Gasteiger partial charge in [-0.3, -0.25) is 4.79 Å². The lowest BCUT2D eigenvalue weighted by atomic mass is 9.74. The maximum absolute atomic E-state index is 12.2. The van der Waals surface area contributed by atoms with Crippen LogP contribution in [0.4, 0.5) is 0 Å². The van der Waals surface area contributed by atoms with Gasteiger partial charge in [0.25, 0.3) is 0 Å². The molecule has 0 radical (unpaired) electrons. The van der Waals surface area contributed by atoms with E-state index in [4.69, 9.17) is 0 Å². The molecule has 2 aliphatic carbocycles. The van der Waals surface area contributed by atoms with Crippen molar-refractivity contribution in [3.8, 4) is 0 Å². The number of carbonyl (C=O) groups is 1. The first-order chi connectivity index (χ1) is 8.16. The minimum atomic E-state index is 0.329. The molecule has 2 fully saturated rings. The molecule has 2 rings (SSSR count). The molecule has 0 N–H and O–H groups in total. The van der Waals surface area contributed by atoms with Gasteiger partial charge in [0.2, 0.25) is 0 Å². The third kappa shape index (κ3) is 3.43. The van der Waals surface area contributed by atoms with Crippen LogP contribution in [0.3, 0.4) is 0 Å². The Balaban J connectivity index is 1.91. The van der Waals surface area contributed by atoms with Crippen molar-refractivity contribution in [2.45, 2.75) is 65.2 Å². The molecular formula is C16H26O. The molecule has 0 aromatic rings. The Morgan fingerprint density at radius 1 is 1.06 bits per heavy atom. The summed E-state index contributed by atoms with van der Waals surface area (Å²) < 4.78 is 0. The van der Waals surface area contributed by atoms with Crippen LogP contribution in [0.2, 0.25) is 0 Å². The monoisotopic (exact) mass is 234 g/mol. The molecule has 0 bridgehead atoms. The standard InChI is InChI=1S/C16H26O/c1-12-8-9-15(10-13(12)2)16(17)11-14-6-4-3-5-7-14/h11-13,15H,3-10H2,1-2H3. The first-order valence-electron chi connectivity index (χ1n) is 7.40. The van der Waals surface area contributed by atoms with Crippen LogP contribution in [0.25, 0.3) is 0 Å². The highest BCUT2D eigenvalue weighted by molar-refractivity contribution is 5.92. The van der Waals surface area contributed by atoms with E-state index >= 15 is 0 Å². The van der Waals surface area contributed by atoms with Gasteiger partial charge in [0.05, 0.1) is 0 Å². The van der Waals surface area contributed by atoms with Gasteiger partial charge in [-0.15, -0.1) is 0 Å². The van der Waals surface area contributed by atoms with Crippen molar-refractivity contribution in [3.05, 3.63) is 11.6 Å². The predicted octanol–water partition coefficient (Wildman–Crippen LogP) is 4.52. The second-order valence-corrected chi connectivity index (χ2v) is 6.23. The lowest BCUT2D eigenvalue weighted by molar-refractivity contribution is -0.119. The number of ketones is 1. The van der Waals surface area contributed by atoms with Gasteiger partial charge in [-0.1, -0.05) is 25.8 Å². The number of carbonyl (C=O) groups excluding carboxylic acids is 1. The highest BCUT2D eigenvalue weighted by Crippen LogP contribution is 2.34. The minimum Gasteiger partial charge on any atom is -0.295 e. The molecule has 0 saturated heterocycles. The third-order valence-electron chi connectivity index (χ3n) is 4.84. The summed E-state index contributed by atoms with van der Waals surface area (Å²) in [4.78, 5) is 12.2. The smallest absolute Gasteiger partial charge is 0.158 e. The predicted molar refractivity (Wildman–Crippen MR) is 71.8 cm³/mol. The summed E-state index contributed by atoms with van der Waals surface area (Å²) in [6.45, 7) is 4.63. The van der Waals surface area contributed by atoms with Gasteiger partial charge in [0.15, 0.2) is 5.78 Å². The third-order valence-corrected chi connectivity index (χ3v) is 4.84. The van der Waals surface area contributed by atoms with E-state index in [-0.39, 0.29) is 0 Å². The Hall–Kier alpha value is -0.590. The summed E-state index contributed by atoms with van der Waals surface area (Å²) in [5.74, 6) is 2.29. The van der Waals surface area contributed by atoms with Gasteiger partial charge in [-0.2, -0.15) is 0 Å². The van der Waals surface area contributed by atoms with E-state index in [1.807, 2.05) is 6.08 Å². The molecule has 0 aliphatic heterocycles. The maximum atomic E-state index is 12.2. The van der Waals surface area contributed by atoms with Gasteiger partial charge in [-0.05, 0) is 62.9 Å². The number of hydrogen-bond acceptors (Lipinski definition) is 1. The second kappa shape index (κ2) is 5.84. The van der Waals surface area contributed by atoms with Gasteiger partial charge in [-0.25, -0.2) is 0 Å². The molecule has 3 atom stereocenters. The highest BCUT2D eigenvalue weighted by Gasteiger charge is 2.28. The molecule has 2 aliphatic rings. The van der Waals surface area contributed by atoms with E-state index in [0.717, 1.165) is 24.7 Å². The topological polar surface area (TPSA) is 17.1 Å². The molecule has 1 nitrogen and oxygen atoms in total. The molecule has 0 spiro atoms. The minimum absolute atomic E-state index is 0.329. The summed E-state index contributed by atoms with van der Waals surface area (Å²) >= 11 is 0. The van der Waals surface area contributed by atoms with Crippen molar-refractivity contribution >= 4 is 5.78 Å². The van der Waals surface area contributed by atoms with Crippen molar-refractivity contribution in [2.75, 3.05) is 0 Å². The zero-order chi connectivity index (χ0) is 12.3. The summed E-state index contributed by atoms with van der Waals surface area (Å²) in [7, 11) is 0. The molecule has 1 heteroatoms. The molecule has 0 aromatic heterocycles. The van der Waals surface area contributed by atoms with Crippen LogP contribution in [0.1, 0.15) is 65.2 Å². The molecule has 96 valence electrons. The Morgan fingerprint density at radius 2 is 1.76 bits per heavy atom. The SMILES string of the molecule is CC1CCC(C(=O)C=C2CCCCC2)CC1C. The van der Waals surface area contributed by atoms with Gasteiger partial charge in [0, 0.05) is 5.92 Å². The van der Waals surface area contributed by atoms with Crippen LogP contribution in [0, 0.1) is 17.8 Å². The van der Waals surface area contributed by atoms with Crippen LogP contribution in [-0.4, -0.2) is 5.78 Å². The summed E-state index contributed by atoms with van der Waals surface area (Å²) in [5, 5.41) is 0.